The number of hydrogen-bond acceptors (Lipinski definition) is 3. The van der Waals surface area contributed by atoms with Crippen LogP contribution in [0.5, 0.6) is 11.5 Å². The summed E-state index contributed by atoms with van der Waals surface area (Å²) in [4.78, 5) is 12.6. The Morgan fingerprint density at radius 2 is 1.92 bits per heavy atom. The van der Waals surface area contributed by atoms with Crippen molar-refractivity contribution in [1.82, 2.24) is 9.88 Å². The molecule has 0 bridgehead atoms. The molecule has 1 aromatic heterocycles. The number of rotatable bonds is 4. The minimum absolute atomic E-state index is 0.157. The van der Waals surface area contributed by atoms with Crippen LogP contribution in [0, 0.1) is 13.8 Å². The monoisotopic (exact) mass is 368 g/mol. The molecule has 1 amide bonds. The van der Waals surface area contributed by atoms with E-state index in [0.29, 0.717) is 17.2 Å². The molecule has 3 rings (SSSR count). The lowest BCUT2D eigenvalue weighted by Crippen LogP contribution is -2.27. The fourth-order valence-corrected chi connectivity index (χ4v) is 2.99. The molecule has 0 aliphatic carbocycles. The molecule has 2 heterocycles. The third-order valence-corrected chi connectivity index (χ3v) is 4.40. The van der Waals surface area contributed by atoms with E-state index in [0.717, 1.165) is 10.1 Å². The molecule has 26 heavy (non-hydrogen) atoms. The fraction of sp³-hybridized carbons (Fsp3) is 0.389. The van der Waals surface area contributed by atoms with Gasteiger partial charge in [-0.25, -0.2) is 0 Å². The first-order valence-corrected chi connectivity index (χ1v) is 8.09. The Morgan fingerprint density at radius 1 is 1.23 bits per heavy atom. The van der Waals surface area contributed by atoms with Crippen molar-refractivity contribution in [2.45, 2.75) is 39.5 Å². The zero-order chi connectivity index (χ0) is 19.1. The maximum Gasteiger partial charge on any atom is 0.406 e. The minimum atomic E-state index is -4.35. The van der Waals surface area contributed by atoms with Crippen LogP contribution in [0.1, 0.15) is 40.3 Å². The number of alkyl halides is 3. The van der Waals surface area contributed by atoms with Crippen LogP contribution in [0.2, 0.25) is 0 Å². The highest BCUT2D eigenvalue weighted by Crippen LogP contribution is 2.34. The van der Waals surface area contributed by atoms with Gasteiger partial charge in [0.05, 0.1) is 11.6 Å². The second kappa shape index (κ2) is 6.59. The average Bonchev–Trinajstić information content (AvgIpc) is 3.12. The topological polar surface area (TPSA) is 52.5 Å². The van der Waals surface area contributed by atoms with Gasteiger partial charge in [-0.15, -0.1) is 0 Å². The highest BCUT2D eigenvalue weighted by molar-refractivity contribution is 5.96. The van der Waals surface area contributed by atoms with Crippen molar-refractivity contribution in [3.8, 4) is 11.5 Å². The Bertz CT molecular complexity index is 843. The van der Waals surface area contributed by atoms with Crippen LogP contribution in [-0.2, 0) is 6.54 Å². The van der Waals surface area contributed by atoms with Crippen LogP contribution in [0.25, 0.3) is 0 Å². The Labute approximate surface area is 148 Å². The van der Waals surface area contributed by atoms with Crippen LogP contribution in [0.3, 0.4) is 0 Å². The fourth-order valence-electron chi connectivity index (χ4n) is 2.99. The number of aromatic nitrogens is 1. The Morgan fingerprint density at radius 3 is 2.62 bits per heavy atom. The molecular formula is C18H19F3N2O3. The molecule has 0 radical (unpaired) electrons. The number of fused-ring (bicyclic) bond motifs is 1. The van der Waals surface area contributed by atoms with E-state index in [-0.39, 0.29) is 24.1 Å². The number of carbonyl (C=O) groups is 1. The SMILES string of the molecule is Cc1cc(C(=O)N[C@@H](C)c2ccc3c(c2)OCO3)c(C)n1CC(F)(F)F. The van der Waals surface area contributed by atoms with Gasteiger partial charge in [0, 0.05) is 11.4 Å². The lowest BCUT2D eigenvalue weighted by atomic mass is 10.1. The summed E-state index contributed by atoms with van der Waals surface area (Å²) in [5.41, 5.74) is 1.72. The van der Waals surface area contributed by atoms with Crippen molar-refractivity contribution in [2.24, 2.45) is 0 Å². The van der Waals surface area contributed by atoms with Gasteiger partial charge in [-0.2, -0.15) is 13.2 Å². The van der Waals surface area contributed by atoms with E-state index in [4.69, 9.17) is 9.47 Å². The number of nitrogens with zero attached hydrogens (tertiary/aromatic N) is 1. The molecule has 1 aromatic carbocycles. The first-order chi connectivity index (χ1) is 12.2. The second-order valence-electron chi connectivity index (χ2n) is 6.29. The van der Waals surface area contributed by atoms with Gasteiger partial charge in [0.15, 0.2) is 11.5 Å². The van der Waals surface area contributed by atoms with E-state index in [9.17, 15) is 18.0 Å². The standard InChI is InChI=1S/C18H19F3N2O3/c1-10-6-14(12(3)23(10)8-18(19,20)21)17(24)22-11(2)13-4-5-15-16(7-13)26-9-25-15/h4-7,11H,8-9H2,1-3H3,(H,22,24)/t11-/m0/s1. The van der Waals surface area contributed by atoms with E-state index in [1.807, 2.05) is 6.07 Å². The molecule has 140 valence electrons. The largest absolute Gasteiger partial charge is 0.454 e. The van der Waals surface area contributed by atoms with Gasteiger partial charge in [-0.05, 0) is 44.5 Å². The van der Waals surface area contributed by atoms with Gasteiger partial charge < -0.3 is 19.4 Å². The lowest BCUT2D eigenvalue weighted by Gasteiger charge is -2.15. The highest BCUT2D eigenvalue weighted by atomic mass is 19.4. The van der Waals surface area contributed by atoms with Gasteiger partial charge in [0.25, 0.3) is 5.91 Å². The Balaban J connectivity index is 1.77. The predicted octanol–water partition coefficient (Wildman–Crippen LogP) is 3.89. The first kappa shape index (κ1) is 18.2. The number of aryl methyl sites for hydroxylation is 1. The molecular weight excluding hydrogens is 349 g/mol. The molecule has 1 atom stereocenters. The van der Waals surface area contributed by atoms with Crippen molar-refractivity contribution in [3.63, 3.8) is 0 Å². The summed E-state index contributed by atoms with van der Waals surface area (Å²) in [6.07, 6.45) is -4.35. The Kier molecular flexibility index (Phi) is 4.60. The summed E-state index contributed by atoms with van der Waals surface area (Å²) in [7, 11) is 0. The summed E-state index contributed by atoms with van der Waals surface area (Å²) in [5, 5.41) is 2.82. The maximum absolute atomic E-state index is 12.7. The van der Waals surface area contributed by atoms with E-state index in [1.54, 1.807) is 26.0 Å². The van der Waals surface area contributed by atoms with Gasteiger partial charge in [0.2, 0.25) is 6.79 Å². The average molecular weight is 368 g/mol. The molecule has 2 aromatic rings. The molecule has 0 saturated carbocycles. The molecule has 1 aliphatic heterocycles. The smallest absolute Gasteiger partial charge is 0.406 e. The predicted molar refractivity (Wildman–Crippen MR) is 88.4 cm³/mol. The zero-order valence-corrected chi connectivity index (χ0v) is 14.6. The van der Waals surface area contributed by atoms with Crippen LogP contribution >= 0.6 is 0 Å². The number of halogens is 3. The molecule has 0 unspecified atom stereocenters. The molecule has 1 N–H and O–H groups in total. The number of amides is 1. The number of hydrogen-bond donors (Lipinski definition) is 1. The summed E-state index contributed by atoms with van der Waals surface area (Å²) in [6, 6.07) is 6.48. The van der Waals surface area contributed by atoms with E-state index >= 15 is 0 Å². The molecule has 0 spiro atoms. The van der Waals surface area contributed by atoms with Crippen LogP contribution < -0.4 is 14.8 Å². The lowest BCUT2D eigenvalue weighted by molar-refractivity contribution is -0.141. The third kappa shape index (κ3) is 3.63. The molecule has 1 aliphatic rings. The Hall–Kier alpha value is -2.64. The van der Waals surface area contributed by atoms with Crippen LogP contribution in [0.4, 0.5) is 13.2 Å². The minimum Gasteiger partial charge on any atom is -0.454 e. The molecule has 5 nitrogen and oxygen atoms in total. The molecule has 8 heteroatoms. The van der Waals surface area contributed by atoms with Crippen molar-refractivity contribution in [3.05, 3.63) is 46.8 Å². The summed E-state index contributed by atoms with van der Waals surface area (Å²) >= 11 is 0. The number of carbonyl (C=O) groups excluding carboxylic acids is 1. The number of nitrogens with one attached hydrogen (secondary N) is 1. The zero-order valence-electron chi connectivity index (χ0n) is 14.6. The van der Waals surface area contributed by atoms with E-state index < -0.39 is 18.6 Å². The van der Waals surface area contributed by atoms with Gasteiger partial charge in [-0.3, -0.25) is 4.79 Å². The van der Waals surface area contributed by atoms with E-state index in [1.165, 1.54) is 13.0 Å². The van der Waals surface area contributed by atoms with Crippen molar-refractivity contribution in [1.29, 1.82) is 0 Å². The van der Waals surface area contributed by atoms with E-state index in [2.05, 4.69) is 5.32 Å². The van der Waals surface area contributed by atoms with Crippen molar-refractivity contribution < 1.29 is 27.4 Å². The summed E-state index contributed by atoms with van der Waals surface area (Å²) < 4.78 is 49.8. The first-order valence-electron chi connectivity index (χ1n) is 8.09. The quantitative estimate of drug-likeness (QED) is 0.891. The van der Waals surface area contributed by atoms with Crippen molar-refractivity contribution in [2.75, 3.05) is 6.79 Å². The molecule has 0 saturated heterocycles. The number of ether oxygens (including phenoxy) is 2. The highest BCUT2D eigenvalue weighted by Gasteiger charge is 2.30. The maximum atomic E-state index is 12.7. The van der Waals surface area contributed by atoms with Crippen LogP contribution in [-0.4, -0.2) is 23.4 Å². The summed E-state index contributed by atoms with van der Waals surface area (Å²) in [5.74, 6) is 0.826. The van der Waals surface area contributed by atoms with Gasteiger partial charge in [-0.1, -0.05) is 6.07 Å². The van der Waals surface area contributed by atoms with Crippen LogP contribution in [0.15, 0.2) is 24.3 Å². The normalized spacial score (nSPS) is 14.4. The summed E-state index contributed by atoms with van der Waals surface area (Å²) in [6.45, 7) is 3.90. The van der Waals surface area contributed by atoms with Gasteiger partial charge in [0.1, 0.15) is 6.54 Å². The van der Waals surface area contributed by atoms with Crippen molar-refractivity contribution >= 4 is 5.91 Å². The molecule has 0 fully saturated rings. The third-order valence-electron chi connectivity index (χ3n) is 4.40. The number of benzene rings is 1. The van der Waals surface area contributed by atoms with Gasteiger partial charge >= 0.3 is 6.18 Å². The second-order valence-corrected chi connectivity index (χ2v) is 6.29.